The highest BCUT2D eigenvalue weighted by atomic mass is 14.9. The van der Waals surface area contributed by atoms with Crippen molar-refractivity contribution in [3.8, 4) is 0 Å². The van der Waals surface area contributed by atoms with E-state index in [1.807, 2.05) is 0 Å². The number of anilines is 1. The van der Waals surface area contributed by atoms with Gasteiger partial charge in [-0.2, -0.15) is 0 Å². The molecule has 0 bridgehead atoms. The molecule has 0 saturated carbocycles. The molecule has 0 fully saturated rings. The maximum atomic E-state index is 3.73. The van der Waals surface area contributed by atoms with Gasteiger partial charge in [0.25, 0.3) is 0 Å². The van der Waals surface area contributed by atoms with Crippen molar-refractivity contribution >= 4 is 5.69 Å². The lowest BCUT2D eigenvalue weighted by Crippen LogP contribution is -2.11. The van der Waals surface area contributed by atoms with E-state index >= 15 is 0 Å². The molecule has 0 aliphatic carbocycles. The van der Waals surface area contributed by atoms with Crippen LogP contribution in [0.15, 0.2) is 48.5 Å². The molecule has 0 spiro atoms. The van der Waals surface area contributed by atoms with Gasteiger partial charge in [-0.25, -0.2) is 0 Å². The first-order valence-corrected chi connectivity index (χ1v) is 7.59. The van der Waals surface area contributed by atoms with Crippen LogP contribution in [0.4, 0.5) is 5.69 Å². The molecular weight excluding hydrogens is 242 g/mol. The van der Waals surface area contributed by atoms with Crippen LogP contribution in [0.1, 0.15) is 48.9 Å². The van der Waals surface area contributed by atoms with Crippen molar-refractivity contribution in [1.82, 2.24) is 0 Å². The zero-order valence-electron chi connectivity index (χ0n) is 12.8. The van der Waals surface area contributed by atoms with Gasteiger partial charge < -0.3 is 5.32 Å². The van der Waals surface area contributed by atoms with E-state index in [1.54, 1.807) is 0 Å². The number of rotatable bonds is 6. The van der Waals surface area contributed by atoms with Gasteiger partial charge in [-0.15, -0.1) is 0 Å². The summed E-state index contributed by atoms with van der Waals surface area (Å²) >= 11 is 0. The van der Waals surface area contributed by atoms with Gasteiger partial charge in [-0.3, -0.25) is 0 Å². The monoisotopic (exact) mass is 267 g/mol. The molecule has 0 heterocycles. The van der Waals surface area contributed by atoms with E-state index in [4.69, 9.17) is 0 Å². The average Bonchev–Trinajstić information content (AvgIpc) is 2.46. The normalized spacial score (nSPS) is 12.2. The summed E-state index contributed by atoms with van der Waals surface area (Å²) in [5.74, 6) is 0. The van der Waals surface area contributed by atoms with Crippen LogP contribution in [0.5, 0.6) is 0 Å². The Morgan fingerprint density at radius 2 is 1.75 bits per heavy atom. The van der Waals surface area contributed by atoms with Gasteiger partial charge in [0.2, 0.25) is 0 Å². The summed E-state index contributed by atoms with van der Waals surface area (Å²) in [5.41, 5.74) is 5.27. The maximum Gasteiger partial charge on any atom is 0.0513 e. The number of hydrogen-bond donors (Lipinski definition) is 1. The first-order chi connectivity index (χ1) is 9.70. The fourth-order valence-corrected chi connectivity index (χ4v) is 2.58. The summed E-state index contributed by atoms with van der Waals surface area (Å²) in [5, 5.41) is 3.73. The third kappa shape index (κ3) is 3.86. The Bertz CT molecular complexity index is 531. The second-order valence-corrected chi connectivity index (χ2v) is 5.57. The fraction of sp³-hybridized carbons (Fsp3) is 0.368. The molecule has 1 nitrogen and oxygen atoms in total. The molecule has 2 aromatic carbocycles. The molecule has 0 amide bonds. The number of aryl methyl sites for hydroxylation is 2. The van der Waals surface area contributed by atoms with Crippen LogP contribution in [0.2, 0.25) is 0 Å². The summed E-state index contributed by atoms with van der Waals surface area (Å²) < 4.78 is 0. The smallest absolute Gasteiger partial charge is 0.0513 e. The molecule has 0 aliphatic heterocycles. The Hall–Kier alpha value is -1.76. The van der Waals surface area contributed by atoms with Gasteiger partial charge in [0.05, 0.1) is 6.04 Å². The van der Waals surface area contributed by atoms with E-state index in [9.17, 15) is 0 Å². The van der Waals surface area contributed by atoms with Crippen molar-refractivity contribution in [1.29, 1.82) is 0 Å². The zero-order valence-corrected chi connectivity index (χ0v) is 12.8. The highest BCUT2D eigenvalue weighted by Gasteiger charge is 2.11. The van der Waals surface area contributed by atoms with Crippen molar-refractivity contribution in [2.75, 3.05) is 5.32 Å². The minimum Gasteiger partial charge on any atom is -0.378 e. The molecule has 106 valence electrons. The Kier molecular flexibility index (Phi) is 5.23. The molecular formula is C19H25N. The fourth-order valence-electron chi connectivity index (χ4n) is 2.58. The molecule has 0 aliphatic rings. The lowest BCUT2D eigenvalue weighted by atomic mass is 10.00. The largest absolute Gasteiger partial charge is 0.378 e. The van der Waals surface area contributed by atoms with Crippen LogP contribution in [-0.4, -0.2) is 0 Å². The standard InChI is InChI=1S/C19H25N/c1-4-5-11-19(17-9-7-6-8-10-17)20-18-13-12-15(2)14-16(18)3/h6-10,12-14,19-20H,4-5,11H2,1-3H3. The first kappa shape index (κ1) is 14.6. The van der Waals surface area contributed by atoms with Gasteiger partial charge >= 0.3 is 0 Å². The molecule has 1 N–H and O–H groups in total. The molecule has 0 aromatic heterocycles. The quantitative estimate of drug-likeness (QED) is 0.713. The number of nitrogens with one attached hydrogen (secondary N) is 1. The molecule has 2 rings (SSSR count). The van der Waals surface area contributed by atoms with Gasteiger partial charge in [0.15, 0.2) is 0 Å². The number of hydrogen-bond acceptors (Lipinski definition) is 1. The molecule has 0 radical (unpaired) electrons. The topological polar surface area (TPSA) is 12.0 Å². The highest BCUT2D eigenvalue weighted by molar-refractivity contribution is 5.53. The lowest BCUT2D eigenvalue weighted by molar-refractivity contribution is 0.634. The number of benzene rings is 2. The molecule has 1 atom stereocenters. The highest BCUT2D eigenvalue weighted by Crippen LogP contribution is 2.26. The third-order valence-electron chi connectivity index (χ3n) is 3.76. The van der Waals surface area contributed by atoms with Gasteiger partial charge in [0, 0.05) is 5.69 Å². The van der Waals surface area contributed by atoms with E-state index in [1.165, 1.54) is 41.6 Å². The van der Waals surface area contributed by atoms with Crippen molar-refractivity contribution in [2.24, 2.45) is 0 Å². The van der Waals surface area contributed by atoms with Crippen LogP contribution in [0, 0.1) is 13.8 Å². The second kappa shape index (κ2) is 7.14. The molecule has 1 unspecified atom stereocenters. The summed E-state index contributed by atoms with van der Waals surface area (Å²) in [7, 11) is 0. The summed E-state index contributed by atoms with van der Waals surface area (Å²) in [6.45, 7) is 6.57. The van der Waals surface area contributed by atoms with E-state index in [-0.39, 0.29) is 0 Å². The molecule has 20 heavy (non-hydrogen) atoms. The van der Waals surface area contributed by atoms with E-state index in [0.717, 1.165) is 0 Å². The van der Waals surface area contributed by atoms with Crippen molar-refractivity contribution in [3.05, 3.63) is 65.2 Å². The SMILES string of the molecule is CCCCC(Nc1ccc(C)cc1C)c1ccccc1. The predicted octanol–water partition coefficient (Wildman–Crippen LogP) is 5.65. The van der Waals surface area contributed by atoms with E-state index in [2.05, 4.69) is 74.6 Å². The van der Waals surface area contributed by atoms with Gasteiger partial charge in [-0.05, 0) is 37.5 Å². The van der Waals surface area contributed by atoms with Gasteiger partial charge in [0.1, 0.15) is 0 Å². The van der Waals surface area contributed by atoms with Gasteiger partial charge in [-0.1, -0.05) is 67.8 Å². The molecule has 2 aromatic rings. The zero-order chi connectivity index (χ0) is 14.4. The molecule has 1 heteroatoms. The molecule has 0 saturated heterocycles. The van der Waals surface area contributed by atoms with Crippen LogP contribution < -0.4 is 5.32 Å². The van der Waals surface area contributed by atoms with Crippen LogP contribution >= 0.6 is 0 Å². The summed E-state index contributed by atoms with van der Waals surface area (Å²) in [6.07, 6.45) is 3.66. The van der Waals surface area contributed by atoms with E-state index in [0.29, 0.717) is 6.04 Å². The Morgan fingerprint density at radius 3 is 2.40 bits per heavy atom. The minimum absolute atomic E-state index is 0.401. The Morgan fingerprint density at radius 1 is 1.00 bits per heavy atom. The lowest BCUT2D eigenvalue weighted by Gasteiger charge is -2.22. The predicted molar refractivity (Wildman–Crippen MR) is 88.2 cm³/mol. The first-order valence-electron chi connectivity index (χ1n) is 7.59. The van der Waals surface area contributed by atoms with Crippen LogP contribution in [0.3, 0.4) is 0 Å². The van der Waals surface area contributed by atoms with Crippen molar-refractivity contribution < 1.29 is 0 Å². The van der Waals surface area contributed by atoms with Crippen LogP contribution in [0.25, 0.3) is 0 Å². The van der Waals surface area contributed by atoms with Crippen molar-refractivity contribution in [2.45, 2.75) is 46.1 Å². The minimum atomic E-state index is 0.401. The van der Waals surface area contributed by atoms with Crippen molar-refractivity contribution in [3.63, 3.8) is 0 Å². The maximum absolute atomic E-state index is 3.73. The average molecular weight is 267 g/mol. The Balaban J connectivity index is 2.19. The second-order valence-electron chi connectivity index (χ2n) is 5.57. The summed E-state index contributed by atoms with van der Waals surface area (Å²) in [6, 6.07) is 17.8. The van der Waals surface area contributed by atoms with Crippen LogP contribution in [-0.2, 0) is 0 Å². The third-order valence-corrected chi connectivity index (χ3v) is 3.76. The Labute approximate surface area is 123 Å². The number of unbranched alkanes of at least 4 members (excludes halogenated alkanes) is 1. The summed E-state index contributed by atoms with van der Waals surface area (Å²) in [4.78, 5) is 0. The van der Waals surface area contributed by atoms with E-state index < -0.39 is 0 Å².